The molecule has 6 heteroatoms. The molecule has 0 rings (SSSR count). The first-order valence-corrected chi connectivity index (χ1v) is 7.11. The Morgan fingerprint density at radius 3 is 2.47 bits per heavy atom. The van der Waals surface area contributed by atoms with E-state index in [1.54, 1.807) is 11.8 Å². The smallest absolute Gasteiger partial charge is 0.326 e. The van der Waals surface area contributed by atoms with E-state index in [4.69, 9.17) is 5.11 Å². The van der Waals surface area contributed by atoms with Gasteiger partial charge in [-0.25, -0.2) is 4.79 Å². The van der Waals surface area contributed by atoms with Gasteiger partial charge >= 0.3 is 5.97 Å². The number of hydrogen-bond donors (Lipinski definition) is 3. The Labute approximate surface area is 107 Å². The van der Waals surface area contributed by atoms with Gasteiger partial charge in [0.1, 0.15) is 6.04 Å². The van der Waals surface area contributed by atoms with Gasteiger partial charge in [-0.2, -0.15) is 11.8 Å². The van der Waals surface area contributed by atoms with Crippen LogP contribution >= 0.6 is 11.8 Å². The Morgan fingerprint density at radius 1 is 1.35 bits per heavy atom. The monoisotopic (exact) mass is 262 g/mol. The van der Waals surface area contributed by atoms with Crippen LogP contribution in [-0.4, -0.2) is 47.6 Å². The zero-order chi connectivity index (χ0) is 13.3. The van der Waals surface area contributed by atoms with Crippen LogP contribution in [0, 0.1) is 0 Å². The molecule has 0 aliphatic heterocycles. The third-order valence-electron chi connectivity index (χ3n) is 2.15. The maximum Gasteiger partial charge on any atom is 0.326 e. The van der Waals surface area contributed by atoms with Gasteiger partial charge in [-0.05, 0) is 18.4 Å². The second kappa shape index (κ2) is 9.30. The quantitative estimate of drug-likeness (QED) is 0.570. The van der Waals surface area contributed by atoms with Crippen LogP contribution in [0.2, 0.25) is 0 Å². The molecule has 100 valence electrons. The molecule has 0 aliphatic rings. The molecule has 1 atom stereocenters. The number of carbonyl (C=O) groups excluding carboxylic acids is 1. The van der Waals surface area contributed by atoms with Crippen molar-refractivity contribution in [1.29, 1.82) is 0 Å². The van der Waals surface area contributed by atoms with E-state index in [1.807, 2.05) is 20.1 Å². The lowest BCUT2D eigenvalue weighted by atomic mass is 10.2. The Kier molecular flexibility index (Phi) is 8.89. The van der Waals surface area contributed by atoms with Gasteiger partial charge in [-0.15, -0.1) is 0 Å². The molecular weight excluding hydrogens is 240 g/mol. The Morgan fingerprint density at radius 2 is 2.00 bits per heavy atom. The summed E-state index contributed by atoms with van der Waals surface area (Å²) in [5, 5.41) is 14.6. The molecule has 0 aromatic carbocycles. The van der Waals surface area contributed by atoms with E-state index in [-0.39, 0.29) is 5.91 Å². The van der Waals surface area contributed by atoms with Crippen molar-refractivity contribution in [3.8, 4) is 0 Å². The number of rotatable bonds is 9. The molecule has 3 N–H and O–H groups in total. The minimum Gasteiger partial charge on any atom is -0.480 e. The molecule has 0 aliphatic carbocycles. The largest absolute Gasteiger partial charge is 0.480 e. The number of thioether (sulfide) groups is 1. The van der Waals surface area contributed by atoms with Crippen LogP contribution in [0.25, 0.3) is 0 Å². The van der Waals surface area contributed by atoms with Crippen molar-refractivity contribution in [2.45, 2.75) is 38.8 Å². The molecule has 0 spiro atoms. The van der Waals surface area contributed by atoms with E-state index in [0.717, 1.165) is 5.75 Å². The highest BCUT2D eigenvalue weighted by Gasteiger charge is 2.18. The zero-order valence-corrected chi connectivity index (χ0v) is 11.5. The summed E-state index contributed by atoms with van der Waals surface area (Å²) in [7, 11) is 0. The van der Waals surface area contributed by atoms with Crippen LogP contribution in [0.1, 0.15) is 26.7 Å². The van der Waals surface area contributed by atoms with E-state index >= 15 is 0 Å². The van der Waals surface area contributed by atoms with Crippen LogP contribution in [0.4, 0.5) is 0 Å². The van der Waals surface area contributed by atoms with Gasteiger partial charge in [-0.3, -0.25) is 4.79 Å². The van der Waals surface area contributed by atoms with Gasteiger partial charge in [-0.1, -0.05) is 13.8 Å². The van der Waals surface area contributed by atoms with Crippen molar-refractivity contribution in [2.24, 2.45) is 0 Å². The van der Waals surface area contributed by atoms with E-state index in [9.17, 15) is 9.59 Å². The minimum absolute atomic E-state index is 0.216. The first-order valence-electron chi connectivity index (χ1n) is 5.71. The van der Waals surface area contributed by atoms with Crippen molar-refractivity contribution in [3.63, 3.8) is 0 Å². The summed E-state index contributed by atoms with van der Waals surface area (Å²) in [5.74, 6) is -0.461. The van der Waals surface area contributed by atoms with Crippen LogP contribution in [0.3, 0.4) is 0 Å². The number of aliphatic carboxylic acids is 1. The average molecular weight is 262 g/mol. The van der Waals surface area contributed by atoms with Crippen LogP contribution in [0.15, 0.2) is 0 Å². The van der Waals surface area contributed by atoms with Gasteiger partial charge in [0.15, 0.2) is 0 Å². The highest BCUT2D eigenvalue weighted by atomic mass is 32.2. The average Bonchev–Trinajstić information content (AvgIpc) is 2.23. The van der Waals surface area contributed by atoms with Gasteiger partial charge in [0.2, 0.25) is 5.91 Å². The predicted octanol–water partition coefficient (Wildman–Crippen LogP) is 0.697. The maximum absolute atomic E-state index is 11.5. The Bertz CT molecular complexity index is 247. The molecule has 0 bridgehead atoms. The zero-order valence-electron chi connectivity index (χ0n) is 10.7. The van der Waals surface area contributed by atoms with Gasteiger partial charge in [0.25, 0.3) is 0 Å². The summed E-state index contributed by atoms with van der Waals surface area (Å²) < 4.78 is 0. The fourth-order valence-corrected chi connectivity index (χ4v) is 1.71. The van der Waals surface area contributed by atoms with Crippen LogP contribution in [0.5, 0.6) is 0 Å². The van der Waals surface area contributed by atoms with Crippen LogP contribution < -0.4 is 10.6 Å². The molecule has 0 fully saturated rings. The maximum atomic E-state index is 11.5. The number of amides is 1. The van der Waals surface area contributed by atoms with E-state index in [2.05, 4.69) is 10.6 Å². The molecule has 0 aromatic rings. The van der Waals surface area contributed by atoms with Crippen molar-refractivity contribution >= 4 is 23.6 Å². The first-order chi connectivity index (χ1) is 7.97. The molecule has 0 aromatic heterocycles. The lowest BCUT2D eigenvalue weighted by Gasteiger charge is -2.14. The van der Waals surface area contributed by atoms with Crippen LogP contribution in [-0.2, 0) is 9.59 Å². The van der Waals surface area contributed by atoms with Crippen molar-refractivity contribution in [1.82, 2.24) is 10.6 Å². The summed E-state index contributed by atoms with van der Waals surface area (Å²) in [6.45, 7) is 4.56. The summed E-state index contributed by atoms with van der Waals surface area (Å²) in [5.41, 5.74) is 0. The molecule has 5 nitrogen and oxygen atoms in total. The van der Waals surface area contributed by atoms with Gasteiger partial charge < -0.3 is 15.7 Å². The Hall–Kier alpha value is -0.750. The number of nitrogens with one attached hydrogen (secondary N) is 2. The summed E-state index contributed by atoms with van der Waals surface area (Å²) in [6.07, 6.45) is 2.67. The molecule has 1 amide bonds. The SMILES string of the molecule is CSCC[C@@H](NC(=O)CCNC(C)C)C(=O)O. The lowest BCUT2D eigenvalue weighted by Crippen LogP contribution is -2.42. The van der Waals surface area contributed by atoms with Crippen molar-refractivity contribution < 1.29 is 14.7 Å². The van der Waals surface area contributed by atoms with Gasteiger partial charge in [0, 0.05) is 19.0 Å². The number of hydrogen-bond acceptors (Lipinski definition) is 4. The van der Waals surface area contributed by atoms with E-state index in [0.29, 0.717) is 25.4 Å². The Balaban J connectivity index is 3.91. The number of carboxylic acid groups (broad SMARTS) is 1. The summed E-state index contributed by atoms with van der Waals surface area (Å²) in [4.78, 5) is 22.4. The number of carbonyl (C=O) groups is 2. The fraction of sp³-hybridized carbons (Fsp3) is 0.818. The topological polar surface area (TPSA) is 78.4 Å². The summed E-state index contributed by atoms with van der Waals surface area (Å²) >= 11 is 1.57. The molecule has 0 heterocycles. The standard InChI is InChI=1S/C11H22N2O3S/c1-8(2)12-6-4-10(14)13-9(11(15)16)5-7-17-3/h8-9,12H,4-7H2,1-3H3,(H,13,14)(H,15,16)/t9-/m1/s1. The van der Waals surface area contributed by atoms with E-state index in [1.165, 1.54) is 0 Å². The molecule has 0 radical (unpaired) electrons. The second-order valence-corrected chi connectivity index (χ2v) is 5.08. The second-order valence-electron chi connectivity index (χ2n) is 4.10. The van der Waals surface area contributed by atoms with Gasteiger partial charge in [0.05, 0.1) is 0 Å². The third kappa shape index (κ3) is 9.00. The van der Waals surface area contributed by atoms with E-state index < -0.39 is 12.0 Å². The lowest BCUT2D eigenvalue weighted by molar-refractivity contribution is -0.141. The number of carboxylic acids is 1. The molecular formula is C11H22N2O3S. The highest BCUT2D eigenvalue weighted by Crippen LogP contribution is 2.01. The first kappa shape index (κ1) is 16.2. The molecule has 0 unspecified atom stereocenters. The predicted molar refractivity (Wildman–Crippen MR) is 70.3 cm³/mol. The van der Waals surface area contributed by atoms with Crippen molar-refractivity contribution in [3.05, 3.63) is 0 Å². The molecule has 17 heavy (non-hydrogen) atoms. The summed E-state index contributed by atoms with van der Waals surface area (Å²) in [6, 6.07) is -0.441. The highest BCUT2D eigenvalue weighted by molar-refractivity contribution is 7.98. The molecule has 0 saturated carbocycles. The third-order valence-corrected chi connectivity index (χ3v) is 2.79. The van der Waals surface area contributed by atoms with Crippen molar-refractivity contribution in [2.75, 3.05) is 18.6 Å². The fourth-order valence-electron chi connectivity index (χ4n) is 1.23. The normalized spacial score (nSPS) is 12.5. The minimum atomic E-state index is -0.968. The molecule has 0 saturated heterocycles.